The molecule has 0 radical (unpaired) electrons. The molecule has 0 aromatic heterocycles. The van der Waals surface area contributed by atoms with E-state index in [9.17, 15) is 9.59 Å². The molecule has 2 aromatic rings. The summed E-state index contributed by atoms with van der Waals surface area (Å²) in [6, 6.07) is 16.4. The van der Waals surface area contributed by atoms with E-state index in [1.165, 1.54) is 0 Å². The van der Waals surface area contributed by atoms with Crippen molar-refractivity contribution in [3.63, 3.8) is 0 Å². The van der Waals surface area contributed by atoms with E-state index >= 15 is 0 Å². The topological polar surface area (TPSA) is 46.6 Å². The molecule has 1 amide bonds. The maximum Gasteiger partial charge on any atom is 0.338 e. The van der Waals surface area contributed by atoms with Crippen molar-refractivity contribution >= 4 is 40.2 Å². The molecule has 0 unspecified atom stereocenters. The van der Waals surface area contributed by atoms with Crippen LogP contribution in [-0.4, -0.2) is 24.5 Å². The second kappa shape index (κ2) is 8.10. The van der Waals surface area contributed by atoms with Gasteiger partial charge >= 0.3 is 5.97 Å². The Morgan fingerprint density at radius 1 is 1.09 bits per heavy atom. The van der Waals surface area contributed by atoms with E-state index in [0.717, 1.165) is 9.26 Å². The summed E-state index contributed by atoms with van der Waals surface area (Å²) in [5, 5.41) is 0. The number of anilines is 1. The number of esters is 1. The molecule has 0 saturated carbocycles. The Morgan fingerprint density at radius 2 is 1.78 bits per heavy atom. The second-order valence-electron chi connectivity index (χ2n) is 5.28. The van der Waals surface area contributed by atoms with Crippen LogP contribution in [0.25, 0.3) is 0 Å². The molecule has 0 heterocycles. The van der Waals surface area contributed by atoms with Gasteiger partial charge in [-0.3, -0.25) is 4.79 Å². The Labute approximate surface area is 149 Å². The van der Waals surface area contributed by atoms with Crippen molar-refractivity contribution in [2.75, 3.05) is 11.5 Å². The van der Waals surface area contributed by atoms with Crippen LogP contribution in [0, 0.1) is 3.57 Å². The predicted octanol–water partition coefficient (Wildman–Crippen LogP) is 3.89. The first-order valence-electron chi connectivity index (χ1n) is 7.29. The molecule has 2 rings (SSSR count). The number of hydrogen-bond acceptors (Lipinski definition) is 3. The molecule has 0 saturated heterocycles. The van der Waals surface area contributed by atoms with Crippen LogP contribution in [0.5, 0.6) is 0 Å². The smallest absolute Gasteiger partial charge is 0.338 e. The van der Waals surface area contributed by atoms with E-state index in [0.29, 0.717) is 5.56 Å². The summed E-state index contributed by atoms with van der Waals surface area (Å²) in [6.45, 7) is 3.57. The summed E-state index contributed by atoms with van der Waals surface area (Å²) in [5.41, 5.74) is 1.23. The van der Waals surface area contributed by atoms with Crippen LogP contribution in [0.2, 0.25) is 0 Å². The Bertz CT molecular complexity index is 686. The van der Waals surface area contributed by atoms with Gasteiger partial charge in [0.1, 0.15) is 0 Å². The van der Waals surface area contributed by atoms with Crippen molar-refractivity contribution in [3.8, 4) is 0 Å². The summed E-state index contributed by atoms with van der Waals surface area (Å²) < 4.78 is 6.11. The fourth-order valence-corrected chi connectivity index (χ4v) is 2.76. The molecule has 0 aliphatic carbocycles. The Balaban J connectivity index is 2.04. The lowest BCUT2D eigenvalue weighted by atomic mass is 10.2. The first kappa shape index (κ1) is 17.5. The number of rotatable bonds is 5. The first-order chi connectivity index (χ1) is 11.0. The average Bonchev–Trinajstić information content (AvgIpc) is 2.53. The largest absolute Gasteiger partial charge is 0.452 e. The first-order valence-corrected chi connectivity index (χ1v) is 8.36. The number of ether oxygens (including phenoxy) is 1. The summed E-state index contributed by atoms with van der Waals surface area (Å²) >= 11 is 2.12. The molecule has 2 aromatic carbocycles. The van der Waals surface area contributed by atoms with Crippen molar-refractivity contribution in [1.29, 1.82) is 0 Å². The van der Waals surface area contributed by atoms with Gasteiger partial charge in [-0.15, -0.1) is 0 Å². The van der Waals surface area contributed by atoms with Crippen LogP contribution in [0.3, 0.4) is 0 Å². The molecule has 0 atom stereocenters. The minimum atomic E-state index is -0.492. The number of carbonyl (C=O) groups is 2. The van der Waals surface area contributed by atoms with Crippen LogP contribution in [0.15, 0.2) is 54.6 Å². The number of hydrogen-bond donors (Lipinski definition) is 0. The summed E-state index contributed by atoms with van der Waals surface area (Å²) in [7, 11) is 0. The molecule has 4 nitrogen and oxygen atoms in total. The highest BCUT2D eigenvalue weighted by atomic mass is 127. The van der Waals surface area contributed by atoms with Gasteiger partial charge in [0.05, 0.1) is 5.56 Å². The zero-order chi connectivity index (χ0) is 16.8. The van der Waals surface area contributed by atoms with Gasteiger partial charge in [0.2, 0.25) is 0 Å². The van der Waals surface area contributed by atoms with E-state index in [4.69, 9.17) is 4.74 Å². The fraction of sp³-hybridized carbons (Fsp3) is 0.222. The zero-order valence-corrected chi connectivity index (χ0v) is 15.2. The van der Waals surface area contributed by atoms with Gasteiger partial charge in [0, 0.05) is 15.3 Å². The van der Waals surface area contributed by atoms with Crippen molar-refractivity contribution in [3.05, 3.63) is 63.7 Å². The molecule has 0 aliphatic heterocycles. The molecule has 0 aliphatic rings. The summed E-state index contributed by atoms with van der Waals surface area (Å²) in [6.07, 6.45) is 0. The number of halogens is 1. The number of amides is 1. The summed E-state index contributed by atoms with van der Waals surface area (Å²) in [5.74, 6) is -0.737. The monoisotopic (exact) mass is 423 g/mol. The molecule has 0 N–H and O–H groups in total. The highest BCUT2D eigenvalue weighted by Gasteiger charge is 2.20. The van der Waals surface area contributed by atoms with E-state index in [1.807, 2.05) is 50.2 Å². The van der Waals surface area contributed by atoms with Crippen molar-refractivity contribution in [2.24, 2.45) is 0 Å². The zero-order valence-electron chi connectivity index (χ0n) is 13.0. The van der Waals surface area contributed by atoms with Crippen LogP contribution < -0.4 is 4.90 Å². The molecule has 0 spiro atoms. The van der Waals surface area contributed by atoms with Crippen molar-refractivity contribution in [2.45, 2.75) is 19.9 Å². The lowest BCUT2D eigenvalue weighted by molar-refractivity contribution is -0.122. The SMILES string of the molecule is CC(C)N(C(=O)COC(=O)c1cccc(I)c1)c1ccccc1. The van der Waals surface area contributed by atoms with E-state index in [1.54, 1.807) is 23.1 Å². The molecular weight excluding hydrogens is 405 g/mol. The molecular formula is C18H18INO3. The van der Waals surface area contributed by atoms with Crippen LogP contribution in [0.4, 0.5) is 5.69 Å². The van der Waals surface area contributed by atoms with E-state index < -0.39 is 5.97 Å². The molecule has 0 fully saturated rings. The van der Waals surface area contributed by atoms with Crippen LogP contribution >= 0.6 is 22.6 Å². The lowest BCUT2D eigenvalue weighted by Gasteiger charge is -2.26. The van der Waals surface area contributed by atoms with Gasteiger partial charge in [-0.2, -0.15) is 0 Å². The molecule has 0 bridgehead atoms. The standard InChI is InChI=1S/C18H18INO3/c1-13(2)20(16-9-4-3-5-10-16)17(21)12-23-18(22)14-7-6-8-15(19)11-14/h3-11,13H,12H2,1-2H3. The normalized spacial score (nSPS) is 10.4. The number of benzene rings is 2. The highest BCUT2D eigenvalue weighted by molar-refractivity contribution is 14.1. The number of nitrogens with zero attached hydrogens (tertiary/aromatic N) is 1. The maximum atomic E-state index is 12.4. The van der Waals surface area contributed by atoms with E-state index in [-0.39, 0.29) is 18.6 Å². The molecule has 5 heteroatoms. The second-order valence-corrected chi connectivity index (χ2v) is 6.53. The van der Waals surface area contributed by atoms with Gasteiger partial charge in [-0.1, -0.05) is 24.3 Å². The Kier molecular flexibility index (Phi) is 6.15. The highest BCUT2D eigenvalue weighted by Crippen LogP contribution is 2.17. The van der Waals surface area contributed by atoms with Gasteiger partial charge in [-0.05, 0) is 66.8 Å². The van der Waals surface area contributed by atoms with Crippen molar-refractivity contribution < 1.29 is 14.3 Å². The average molecular weight is 423 g/mol. The summed E-state index contributed by atoms with van der Waals surface area (Å²) in [4.78, 5) is 26.1. The van der Waals surface area contributed by atoms with E-state index in [2.05, 4.69) is 22.6 Å². The third-order valence-electron chi connectivity index (χ3n) is 3.21. The van der Waals surface area contributed by atoms with Gasteiger partial charge in [0.25, 0.3) is 5.91 Å². The molecule has 23 heavy (non-hydrogen) atoms. The minimum Gasteiger partial charge on any atom is -0.452 e. The number of carbonyl (C=O) groups excluding carboxylic acids is 2. The molecule has 120 valence electrons. The van der Waals surface area contributed by atoms with Crippen LogP contribution in [-0.2, 0) is 9.53 Å². The third kappa shape index (κ3) is 4.79. The fourth-order valence-electron chi connectivity index (χ4n) is 2.21. The van der Waals surface area contributed by atoms with Crippen molar-refractivity contribution in [1.82, 2.24) is 0 Å². The van der Waals surface area contributed by atoms with Crippen LogP contribution in [0.1, 0.15) is 24.2 Å². The quantitative estimate of drug-likeness (QED) is 0.542. The Morgan fingerprint density at radius 3 is 2.39 bits per heavy atom. The lowest BCUT2D eigenvalue weighted by Crippen LogP contribution is -2.39. The predicted molar refractivity (Wildman–Crippen MR) is 98.5 cm³/mol. The minimum absolute atomic E-state index is 0.0266. The number of para-hydroxylation sites is 1. The van der Waals surface area contributed by atoms with Gasteiger partial charge in [-0.25, -0.2) is 4.79 Å². The van der Waals surface area contributed by atoms with Gasteiger partial charge in [0.15, 0.2) is 6.61 Å². The third-order valence-corrected chi connectivity index (χ3v) is 3.88. The van der Waals surface area contributed by atoms with Gasteiger partial charge < -0.3 is 9.64 Å². The maximum absolute atomic E-state index is 12.4. The Hall–Kier alpha value is -1.89.